The van der Waals surface area contributed by atoms with Crippen molar-refractivity contribution in [3.63, 3.8) is 0 Å². The molecule has 1 aromatic carbocycles. The van der Waals surface area contributed by atoms with Gasteiger partial charge in [-0.25, -0.2) is 0 Å². The van der Waals surface area contributed by atoms with Crippen LogP contribution in [0.25, 0.3) is 0 Å². The molecular formula is C12H16ClNO2. The van der Waals surface area contributed by atoms with Crippen LogP contribution in [0.2, 0.25) is 5.02 Å². The van der Waals surface area contributed by atoms with Gasteiger partial charge in [-0.15, -0.1) is 0 Å². The molecule has 0 heterocycles. The number of methoxy groups -OCH3 is 1. The Labute approximate surface area is 101 Å². The SMILES string of the molecule is COCC(=O)N(C)C(C)c1ccc(Cl)cc1. The second-order valence-corrected chi connectivity index (χ2v) is 4.10. The van der Waals surface area contributed by atoms with E-state index in [1.165, 1.54) is 7.11 Å². The quantitative estimate of drug-likeness (QED) is 0.811. The first-order chi connectivity index (χ1) is 7.56. The summed E-state index contributed by atoms with van der Waals surface area (Å²) in [4.78, 5) is 13.3. The number of benzene rings is 1. The van der Waals surface area contributed by atoms with Gasteiger partial charge in [0.05, 0.1) is 6.04 Å². The maximum Gasteiger partial charge on any atom is 0.248 e. The summed E-state index contributed by atoms with van der Waals surface area (Å²) in [5.41, 5.74) is 1.05. The Morgan fingerprint density at radius 1 is 1.44 bits per heavy atom. The average Bonchev–Trinajstić information content (AvgIpc) is 2.28. The van der Waals surface area contributed by atoms with Crippen molar-refractivity contribution in [2.45, 2.75) is 13.0 Å². The fourth-order valence-corrected chi connectivity index (χ4v) is 1.53. The lowest BCUT2D eigenvalue weighted by Gasteiger charge is -2.25. The lowest BCUT2D eigenvalue weighted by atomic mass is 10.1. The molecule has 0 aliphatic rings. The molecule has 0 aromatic heterocycles. The summed E-state index contributed by atoms with van der Waals surface area (Å²) in [6.07, 6.45) is 0. The molecule has 0 saturated heterocycles. The Kier molecular flexibility index (Phi) is 4.77. The van der Waals surface area contributed by atoms with Crippen LogP contribution in [0.3, 0.4) is 0 Å². The zero-order chi connectivity index (χ0) is 12.1. The minimum atomic E-state index is -0.0371. The molecular weight excluding hydrogens is 226 g/mol. The van der Waals surface area contributed by atoms with Crippen LogP contribution in [-0.4, -0.2) is 31.6 Å². The van der Waals surface area contributed by atoms with Gasteiger partial charge in [-0.3, -0.25) is 4.79 Å². The first kappa shape index (κ1) is 13.0. The maximum absolute atomic E-state index is 11.6. The predicted octanol–water partition coefficient (Wildman–Crippen LogP) is 2.51. The molecule has 1 atom stereocenters. The monoisotopic (exact) mass is 241 g/mol. The normalized spacial score (nSPS) is 12.2. The zero-order valence-corrected chi connectivity index (χ0v) is 10.5. The minimum absolute atomic E-state index is 0.0138. The summed E-state index contributed by atoms with van der Waals surface area (Å²) < 4.78 is 4.82. The van der Waals surface area contributed by atoms with E-state index in [1.807, 2.05) is 31.2 Å². The van der Waals surface area contributed by atoms with E-state index in [4.69, 9.17) is 16.3 Å². The Morgan fingerprint density at radius 2 is 2.00 bits per heavy atom. The van der Waals surface area contributed by atoms with Crippen LogP contribution in [0.5, 0.6) is 0 Å². The number of carbonyl (C=O) groups is 1. The molecule has 0 aliphatic carbocycles. The van der Waals surface area contributed by atoms with Crippen molar-refractivity contribution in [3.8, 4) is 0 Å². The summed E-state index contributed by atoms with van der Waals surface area (Å²) >= 11 is 5.81. The van der Waals surface area contributed by atoms with E-state index in [-0.39, 0.29) is 18.6 Å². The van der Waals surface area contributed by atoms with Gasteiger partial charge in [0.2, 0.25) is 5.91 Å². The molecule has 1 rings (SSSR count). The highest BCUT2D eigenvalue weighted by molar-refractivity contribution is 6.30. The number of ether oxygens (including phenoxy) is 1. The Bertz CT molecular complexity index is 351. The van der Waals surface area contributed by atoms with Crippen LogP contribution in [0, 0.1) is 0 Å². The second kappa shape index (κ2) is 5.87. The number of hydrogen-bond donors (Lipinski definition) is 0. The van der Waals surface area contributed by atoms with Gasteiger partial charge in [0.15, 0.2) is 0 Å². The van der Waals surface area contributed by atoms with Crippen LogP contribution < -0.4 is 0 Å². The lowest BCUT2D eigenvalue weighted by molar-refractivity contribution is -0.135. The van der Waals surface area contributed by atoms with Crippen LogP contribution in [0.1, 0.15) is 18.5 Å². The third-order valence-electron chi connectivity index (χ3n) is 2.59. The van der Waals surface area contributed by atoms with Crippen molar-refractivity contribution in [3.05, 3.63) is 34.9 Å². The smallest absolute Gasteiger partial charge is 0.248 e. The average molecular weight is 242 g/mol. The molecule has 0 spiro atoms. The number of rotatable bonds is 4. The zero-order valence-electron chi connectivity index (χ0n) is 9.74. The second-order valence-electron chi connectivity index (χ2n) is 3.67. The Balaban J connectivity index is 2.73. The fraction of sp³-hybridized carbons (Fsp3) is 0.417. The Hall–Kier alpha value is -1.06. The van der Waals surface area contributed by atoms with E-state index in [9.17, 15) is 4.79 Å². The van der Waals surface area contributed by atoms with Gasteiger partial charge >= 0.3 is 0 Å². The minimum Gasteiger partial charge on any atom is -0.375 e. The number of hydrogen-bond acceptors (Lipinski definition) is 2. The molecule has 3 nitrogen and oxygen atoms in total. The van der Waals surface area contributed by atoms with Crippen LogP contribution in [0.15, 0.2) is 24.3 Å². The highest BCUT2D eigenvalue weighted by Crippen LogP contribution is 2.20. The van der Waals surface area contributed by atoms with Crippen molar-refractivity contribution in [2.24, 2.45) is 0 Å². The van der Waals surface area contributed by atoms with Crippen molar-refractivity contribution < 1.29 is 9.53 Å². The highest BCUT2D eigenvalue weighted by atomic mass is 35.5. The van der Waals surface area contributed by atoms with E-state index < -0.39 is 0 Å². The molecule has 0 N–H and O–H groups in total. The molecule has 4 heteroatoms. The van der Waals surface area contributed by atoms with E-state index in [0.717, 1.165) is 5.56 Å². The van der Waals surface area contributed by atoms with Gasteiger partial charge in [0, 0.05) is 19.2 Å². The van der Waals surface area contributed by atoms with E-state index in [0.29, 0.717) is 5.02 Å². The molecule has 88 valence electrons. The molecule has 0 bridgehead atoms. The molecule has 1 aromatic rings. The maximum atomic E-state index is 11.6. The van der Waals surface area contributed by atoms with Crippen LogP contribution in [-0.2, 0) is 9.53 Å². The summed E-state index contributed by atoms with van der Waals surface area (Å²) in [7, 11) is 3.28. The number of halogens is 1. The largest absolute Gasteiger partial charge is 0.375 e. The first-order valence-electron chi connectivity index (χ1n) is 5.06. The van der Waals surface area contributed by atoms with Crippen LogP contribution >= 0.6 is 11.6 Å². The summed E-state index contributed by atoms with van der Waals surface area (Å²) in [5.74, 6) is -0.0371. The van der Waals surface area contributed by atoms with Crippen molar-refractivity contribution >= 4 is 17.5 Å². The van der Waals surface area contributed by atoms with E-state index in [1.54, 1.807) is 11.9 Å². The van der Waals surface area contributed by atoms with Crippen molar-refractivity contribution in [1.82, 2.24) is 4.90 Å². The van der Waals surface area contributed by atoms with Gasteiger partial charge in [-0.05, 0) is 24.6 Å². The number of carbonyl (C=O) groups excluding carboxylic acids is 1. The molecule has 0 aliphatic heterocycles. The molecule has 1 amide bonds. The summed E-state index contributed by atoms with van der Waals surface area (Å²) in [6.45, 7) is 2.07. The summed E-state index contributed by atoms with van der Waals surface area (Å²) in [6, 6.07) is 7.50. The van der Waals surface area contributed by atoms with Gasteiger partial charge in [-0.2, -0.15) is 0 Å². The molecule has 1 unspecified atom stereocenters. The van der Waals surface area contributed by atoms with E-state index >= 15 is 0 Å². The van der Waals surface area contributed by atoms with Gasteiger partial charge in [-0.1, -0.05) is 23.7 Å². The topological polar surface area (TPSA) is 29.5 Å². The number of nitrogens with zero attached hydrogens (tertiary/aromatic N) is 1. The highest BCUT2D eigenvalue weighted by Gasteiger charge is 2.16. The molecule has 0 saturated carbocycles. The lowest BCUT2D eigenvalue weighted by Crippen LogP contribution is -2.32. The van der Waals surface area contributed by atoms with Crippen molar-refractivity contribution in [2.75, 3.05) is 20.8 Å². The van der Waals surface area contributed by atoms with Crippen LogP contribution in [0.4, 0.5) is 0 Å². The van der Waals surface area contributed by atoms with Gasteiger partial charge in [0.1, 0.15) is 6.61 Å². The number of likely N-dealkylation sites (N-methyl/N-ethyl adjacent to an activating group) is 1. The number of amides is 1. The molecule has 16 heavy (non-hydrogen) atoms. The van der Waals surface area contributed by atoms with E-state index in [2.05, 4.69) is 0 Å². The fourth-order valence-electron chi connectivity index (χ4n) is 1.41. The standard InChI is InChI=1S/C12H16ClNO2/c1-9(14(2)12(15)8-16-3)10-4-6-11(13)7-5-10/h4-7,9H,8H2,1-3H3. The third-order valence-corrected chi connectivity index (χ3v) is 2.85. The Morgan fingerprint density at radius 3 is 2.50 bits per heavy atom. The van der Waals surface area contributed by atoms with Crippen molar-refractivity contribution in [1.29, 1.82) is 0 Å². The third kappa shape index (κ3) is 3.22. The predicted molar refractivity (Wildman–Crippen MR) is 64.5 cm³/mol. The van der Waals surface area contributed by atoms with Gasteiger partial charge < -0.3 is 9.64 Å². The molecule has 0 radical (unpaired) electrons. The molecule has 0 fully saturated rings. The first-order valence-corrected chi connectivity index (χ1v) is 5.44. The van der Waals surface area contributed by atoms with Gasteiger partial charge in [0.25, 0.3) is 0 Å². The summed E-state index contributed by atoms with van der Waals surface area (Å²) in [5, 5.41) is 0.696.